The van der Waals surface area contributed by atoms with Gasteiger partial charge in [0, 0.05) is 16.3 Å². The minimum atomic E-state index is -0.583. The molecule has 0 saturated carbocycles. The van der Waals surface area contributed by atoms with Gasteiger partial charge in [-0.25, -0.2) is 4.39 Å². The van der Waals surface area contributed by atoms with Crippen molar-refractivity contribution in [3.8, 4) is 0 Å². The molecule has 0 aliphatic carbocycles. The Hall–Kier alpha value is -4.42. The van der Waals surface area contributed by atoms with E-state index in [9.17, 15) is 14.0 Å². The first kappa shape index (κ1) is 24.3. The number of carbonyl (C=O) groups is 2. The summed E-state index contributed by atoms with van der Waals surface area (Å²) in [6.07, 6.45) is 0. The molecule has 37 heavy (non-hydrogen) atoms. The largest absolute Gasteiger partial charge is 0.325 e. The highest BCUT2D eigenvalue weighted by molar-refractivity contribution is 8.00. The maximum Gasteiger partial charge on any atom is 0.258 e. The number of fused-ring (bicyclic) bond motifs is 1. The average molecular weight is 507 g/mol. The van der Waals surface area contributed by atoms with E-state index in [4.69, 9.17) is 0 Å². The Morgan fingerprint density at radius 1 is 0.649 bits per heavy atom. The van der Waals surface area contributed by atoms with E-state index >= 15 is 0 Å². The molecule has 5 rings (SSSR count). The van der Waals surface area contributed by atoms with Crippen molar-refractivity contribution in [3.05, 3.63) is 138 Å². The van der Waals surface area contributed by atoms with Crippen LogP contribution in [0.5, 0.6) is 0 Å². The fourth-order valence-electron chi connectivity index (χ4n) is 4.00. The standard InChI is InChI=1S/C31H23FN2O2S/c32-28-16-7-6-15-27(28)30(35)33-24-13-8-14-26(20-24)37-29(22-10-2-1-3-11-22)31(36)34-25-18-17-21-9-4-5-12-23(21)19-25/h1-20,29H,(H,33,35)(H,34,36). The lowest BCUT2D eigenvalue weighted by Crippen LogP contribution is -2.19. The molecule has 0 spiro atoms. The van der Waals surface area contributed by atoms with E-state index in [1.165, 1.54) is 30.0 Å². The lowest BCUT2D eigenvalue weighted by Gasteiger charge is -2.18. The Morgan fingerprint density at radius 2 is 1.35 bits per heavy atom. The molecule has 2 N–H and O–H groups in total. The fourth-order valence-corrected chi connectivity index (χ4v) is 5.09. The van der Waals surface area contributed by atoms with E-state index in [0.29, 0.717) is 5.69 Å². The van der Waals surface area contributed by atoms with Crippen molar-refractivity contribution in [1.29, 1.82) is 0 Å². The second-order valence-corrected chi connectivity index (χ2v) is 9.60. The van der Waals surface area contributed by atoms with Crippen molar-refractivity contribution < 1.29 is 14.0 Å². The second-order valence-electron chi connectivity index (χ2n) is 8.42. The Morgan fingerprint density at radius 3 is 2.16 bits per heavy atom. The van der Waals surface area contributed by atoms with Crippen molar-refractivity contribution >= 4 is 45.7 Å². The zero-order chi connectivity index (χ0) is 25.6. The lowest BCUT2D eigenvalue weighted by atomic mass is 10.1. The number of carbonyl (C=O) groups excluding carboxylic acids is 2. The smallest absolute Gasteiger partial charge is 0.258 e. The maximum atomic E-state index is 14.0. The van der Waals surface area contributed by atoms with Gasteiger partial charge in [0.15, 0.2) is 0 Å². The van der Waals surface area contributed by atoms with E-state index < -0.39 is 17.0 Å². The minimum Gasteiger partial charge on any atom is -0.325 e. The molecule has 182 valence electrons. The highest BCUT2D eigenvalue weighted by atomic mass is 32.2. The third-order valence-electron chi connectivity index (χ3n) is 5.82. The lowest BCUT2D eigenvalue weighted by molar-refractivity contribution is -0.115. The Bertz CT molecular complexity index is 1570. The number of thioether (sulfide) groups is 1. The number of amides is 2. The quantitative estimate of drug-likeness (QED) is 0.222. The highest BCUT2D eigenvalue weighted by Crippen LogP contribution is 2.37. The maximum absolute atomic E-state index is 14.0. The van der Waals surface area contributed by atoms with Gasteiger partial charge in [0.2, 0.25) is 5.91 Å². The minimum absolute atomic E-state index is 0.0301. The summed E-state index contributed by atoms with van der Waals surface area (Å²) in [6.45, 7) is 0. The molecule has 0 aliphatic heterocycles. The van der Waals surface area contributed by atoms with E-state index in [2.05, 4.69) is 10.6 Å². The fraction of sp³-hybridized carbons (Fsp3) is 0.0323. The average Bonchev–Trinajstić information content (AvgIpc) is 2.92. The zero-order valence-electron chi connectivity index (χ0n) is 19.7. The number of hydrogen-bond donors (Lipinski definition) is 2. The van der Waals surface area contributed by atoms with Crippen LogP contribution in [0.3, 0.4) is 0 Å². The van der Waals surface area contributed by atoms with Gasteiger partial charge in [0.25, 0.3) is 5.91 Å². The van der Waals surface area contributed by atoms with Crippen LogP contribution in [0.4, 0.5) is 15.8 Å². The van der Waals surface area contributed by atoms with Gasteiger partial charge in [0.05, 0.1) is 5.56 Å². The van der Waals surface area contributed by atoms with Gasteiger partial charge in [-0.05, 0) is 58.8 Å². The zero-order valence-corrected chi connectivity index (χ0v) is 20.5. The summed E-state index contributed by atoms with van der Waals surface area (Å²) >= 11 is 1.38. The molecule has 0 fully saturated rings. The first-order valence-electron chi connectivity index (χ1n) is 11.7. The Kier molecular flexibility index (Phi) is 7.28. The summed E-state index contributed by atoms with van der Waals surface area (Å²) in [5, 5.41) is 7.41. The van der Waals surface area contributed by atoms with Gasteiger partial charge in [-0.1, -0.05) is 78.9 Å². The predicted octanol–water partition coefficient (Wildman–Crippen LogP) is 7.70. The molecule has 2 amide bonds. The molecule has 0 aliphatic rings. The molecule has 0 saturated heterocycles. The molecular formula is C31H23FN2O2S. The number of anilines is 2. The topological polar surface area (TPSA) is 58.2 Å². The molecule has 5 aromatic rings. The molecule has 0 aromatic heterocycles. The highest BCUT2D eigenvalue weighted by Gasteiger charge is 2.23. The van der Waals surface area contributed by atoms with Crippen LogP contribution in [0.2, 0.25) is 0 Å². The van der Waals surface area contributed by atoms with E-state index in [1.54, 1.807) is 24.3 Å². The van der Waals surface area contributed by atoms with Crippen LogP contribution in [-0.4, -0.2) is 11.8 Å². The number of benzene rings is 5. The van der Waals surface area contributed by atoms with Crippen molar-refractivity contribution in [1.82, 2.24) is 0 Å². The Balaban J connectivity index is 1.37. The summed E-state index contributed by atoms with van der Waals surface area (Å²) in [4.78, 5) is 26.9. The summed E-state index contributed by atoms with van der Waals surface area (Å²) < 4.78 is 14.0. The molecule has 0 heterocycles. The second kappa shape index (κ2) is 11.1. The monoisotopic (exact) mass is 506 g/mol. The van der Waals surface area contributed by atoms with Crippen LogP contribution < -0.4 is 10.6 Å². The SMILES string of the molecule is O=C(Nc1cccc(SC(C(=O)Nc2ccc3ccccc3c2)c2ccccc2)c1)c1ccccc1F. The molecule has 0 radical (unpaired) electrons. The molecule has 1 unspecified atom stereocenters. The van der Waals surface area contributed by atoms with Crippen molar-refractivity contribution in [2.45, 2.75) is 10.1 Å². The van der Waals surface area contributed by atoms with Crippen LogP contribution >= 0.6 is 11.8 Å². The Labute approximate surface area is 218 Å². The van der Waals surface area contributed by atoms with Gasteiger partial charge >= 0.3 is 0 Å². The van der Waals surface area contributed by atoms with Gasteiger partial charge in [-0.3, -0.25) is 9.59 Å². The molecule has 4 nitrogen and oxygen atoms in total. The van der Waals surface area contributed by atoms with E-state index in [-0.39, 0.29) is 11.5 Å². The molecule has 0 bridgehead atoms. The van der Waals surface area contributed by atoms with Gasteiger partial charge in [0.1, 0.15) is 11.1 Å². The normalized spacial score (nSPS) is 11.6. The summed E-state index contributed by atoms with van der Waals surface area (Å²) in [5.74, 6) is -1.28. The molecule has 5 aromatic carbocycles. The summed E-state index contributed by atoms with van der Waals surface area (Å²) in [5.41, 5.74) is 2.06. The van der Waals surface area contributed by atoms with Crippen LogP contribution in [-0.2, 0) is 4.79 Å². The number of nitrogens with one attached hydrogen (secondary N) is 2. The van der Waals surface area contributed by atoms with Crippen molar-refractivity contribution in [3.63, 3.8) is 0 Å². The first-order chi connectivity index (χ1) is 18.1. The van der Waals surface area contributed by atoms with Crippen LogP contribution in [0, 0.1) is 5.82 Å². The van der Waals surface area contributed by atoms with Crippen LogP contribution in [0.15, 0.2) is 126 Å². The predicted molar refractivity (Wildman–Crippen MR) is 148 cm³/mol. The third-order valence-corrected chi connectivity index (χ3v) is 7.07. The van der Waals surface area contributed by atoms with E-state index in [0.717, 1.165) is 26.9 Å². The van der Waals surface area contributed by atoms with Crippen molar-refractivity contribution in [2.24, 2.45) is 0 Å². The third kappa shape index (κ3) is 5.88. The molecular weight excluding hydrogens is 483 g/mol. The number of halogens is 1. The number of rotatable bonds is 7. The molecule has 6 heteroatoms. The van der Waals surface area contributed by atoms with Crippen LogP contribution in [0.1, 0.15) is 21.2 Å². The van der Waals surface area contributed by atoms with Gasteiger partial charge in [-0.15, -0.1) is 11.8 Å². The van der Waals surface area contributed by atoms with Crippen molar-refractivity contribution in [2.75, 3.05) is 10.6 Å². The summed E-state index contributed by atoms with van der Waals surface area (Å²) in [6, 6.07) is 36.4. The first-order valence-corrected chi connectivity index (χ1v) is 12.6. The number of hydrogen-bond acceptors (Lipinski definition) is 3. The van der Waals surface area contributed by atoms with Gasteiger partial charge < -0.3 is 10.6 Å². The molecule has 1 atom stereocenters. The summed E-state index contributed by atoms with van der Waals surface area (Å²) in [7, 11) is 0. The van der Waals surface area contributed by atoms with Gasteiger partial charge in [-0.2, -0.15) is 0 Å². The van der Waals surface area contributed by atoms with E-state index in [1.807, 2.05) is 78.9 Å². The van der Waals surface area contributed by atoms with Crippen LogP contribution in [0.25, 0.3) is 10.8 Å².